The summed E-state index contributed by atoms with van der Waals surface area (Å²) in [4.78, 5) is 9.70. The van der Waals surface area contributed by atoms with Crippen molar-refractivity contribution in [2.45, 2.75) is 37.6 Å². The lowest BCUT2D eigenvalue weighted by Gasteiger charge is -2.28. The molecule has 4 rings (SSSR count). The molecule has 166 valence electrons. The van der Waals surface area contributed by atoms with Gasteiger partial charge in [0.15, 0.2) is 5.82 Å². The van der Waals surface area contributed by atoms with Gasteiger partial charge in [0.25, 0.3) is 0 Å². The van der Waals surface area contributed by atoms with E-state index in [-0.39, 0.29) is 24.8 Å². The van der Waals surface area contributed by atoms with Crippen molar-refractivity contribution in [1.29, 1.82) is 0 Å². The highest BCUT2D eigenvalue weighted by Gasteiger charge is 2.25. The summed E-state index contributed by atoms with van der Waals surface area (Å²) in [5.41, 5.74) is 5.87. The maximum Gasteiger partial charge on any atom is 0.152 e. The minimum atomic E-state index is 0. The van der Waals surface area contributed by atoms with Crippen molar-refractivity contribution in [2.24, 2.45) is 5.84 Å². The lowest BCUT2D eigenvalue weighted by Crippen LogP contribution is -2.37. The van der Waals surface area contributed by atoms with Crippen LogP contribution in [0.25, 0.3) is 23.1 Å². The number of aromatic nitrogens is 2. The minimum absolute atomic E-state index is 0. The number of hydrazine groups is 1. The fourth-order valence-corrected chi connectivity index (χ4v) is 4.17. The number of hydrogen-bond donors (Lipinski definition) is 2. The summed E-state index contributed by atoms with van der Waals surface area (Å²) >= 11 is 6.28. The molecule has 1 saturated carbocycles. The molecule has 5 nitrogen and oxygen atoms in total. The number of nitrogens with two attached hydrogens (primary N) is 1. The average molecular weight is 482 g/mol. The second-order valence-electron chi connectivity index (χ2n) is 7.42. The van der Waals surface area contributed by atoms with Gasteiger partial charge in [0.05, 0.1) is 18.3 Å². The van der Waals surface area contributed by atoms with Crippen molar-refractivity contribution in [3.05, 3.63) is 64.6 Å². The Bertz CT molecular complexity index is 1040. The van der Waals surface area contributed by atoms with Gasteiger partial charge in [0.1, 0.15) is 5.75 Å². The Balaban J connectivity index is 0.00000171. The first-order valence-corrected chi connectivity index (χ1v) is 10.3. The predicted octanol–water partition coefficient (Wildman–Crippen LogP) is 5.80. The third-order valence-electron chi connectivity index (χ3n) is 5.62. The van der Waals surface area contributed by atoms with Crippen LogP contribution in [0.5, 0.6) is 5.75 Å². The van der Waals surface area contributed by atoms with E-state index in [1.165, 1.54) is 0 Å². The van der Waals surface area contributed by atoms with Crippen LogP contribution >= 0.6 is 36.4 Å². The molecule has 8 heteroatoms. The molecule has 0 bridgehead atoms. The largest absolute Gasteiger partial charge is 0.497 e. The second-order valence-corrected chi connectivity index (χ2v) is 7.83. The van der Waals surface area contributed by atoms with Crippen LogP contribution in [0.4, 0.5) is 0 Å². The quantitative estimate of drug-likeness (QED) is 0.356. The van der Waals surface area contributed by atoms with Crippen LogP contribution in [-0.2, 0) is 0 Å². The average Bonchev–Trinajstić information content (AvgIpc) is 2.77. The van der Waals surface area contributed by atoms with E-state index in [9.17, 15) is 0 Å². The number of nitrogens with one attached hydrogen (secondary N) is 1. The van der Waals surface area contributed by atoms with E-state index in [4.69, 9.17) is 32.1 Å². The number of methoxy groups -OCH3 is 1. The summed E-state index contributed by atoms with van der Waals surface area (Å²) in [5, 5.41) is 1.77. The van der Waals surface area contributed by atoms with Crippen LogP contribution in [0.1, 0.15) is 48.7 Å². The Labute approximate surface area is 200 Å². The summed E-state index contributed by atoms with van der Waals surface area (Å²) < 4.78 is 5.44. The molecule has 1 aromatic heterocycles. The highest BCUT2D eigenvalue weighted by Crippen LogP contribution is 2.36. The molecule has 1 aliphatic rings. The third kappa shape index (κ3) is 5.88. The molecule has 0 amide bonds. The lowest BCUT2D eigenvalue weighted by atomic mass is 9.83. The SMILES string of the molecule is COc1ccc2nc(/C=C\c3ccccc3Cl)nc(C3CCC(NN)CC3)c2c1.Cl.Cl. The minimum Gasteiger partial charge on any atom is -0.497 e. The Kier molecular flexibility index (Phi) is 9.54. The molecule has 1 heterocycles. The molecule has 0 unspecified atom stereocenters. The highest BCUT2D eigenvalue weighted by atomic mass is 35.5. The van der Waals surface area contributed by atoms with Gasteiger partial charge in [-0.2, -0.15) is 0 Å². The molecule has 3 aromatic rings. The zero-order valence-corrected chi connectivity index (χ0v) is 19.6. The molecular formula is C23H27Cl3N4O. The Morgan fingerprint density at radius 2 is 1.77 bits per heavy atom. The zero-order valence-electron chi connectivity index (χ0n) is 17.3. The predicted molar refractivity (Wildman–Crippen MR) is 133 cm³/mol. The Hall–Kier alpha value is -1.89. The maximum absolute atomic E-state index is 6.28. The Morgan fingerprint density at radius 3 is 2.45 bits per heavy atom. The lowest BCUT2D eigenvalue weighted by molar-refractivity contribution is 0.344. The van der Waals surface area contributed by atoms with Gasteiger partial charge in [-0.1, -0.05) is 29.8 Å². The first kappa shape index (κ1) is 25.4. The summed E-state index contributed by atoms with van der Waals surface area (Å²) in [5.74, 6) is 7.52. The van der Waals surface area contributed by atoms with Gasteiger partial charge >= 0.3 is 0 Å². The third-order valence-corrected chi connectivity index (χ3v) is 5.96. The number of halogens is 3. The van der Waals surface area contributed by atoms with Gasteiger partial charge in [-0.15, -0.1) is 24.8 Å². The number of fused-ring (bicyclic) bond motifs is 1. The number of rotatable bonds is 5. The summed E-state index contributed by atoms with van der Waals surface area (Å²) in [6.07, 6.45) is 8.08. The van der Waals surface area contributed by atoms with Crippen molar-refractivity contribution in [1.82, 2.24) is 15.4 Å². The molecule has 3 N–H and O–H groups in total. The Morgan fingerprint density at radius 1 is 1.03 bits per heavy atom. The molecular weight excluding hydrogens is 455 g/mol. The molecule has 0 spiro atoms. The van der Waals surface area contributed by atoms with E-state index in [2.05, 4.69) is 5.43 Å². The van der Waals surface area contributed by atoms with Crippen LogP contribution in [-0.4, -0.2) is 23.1 Å². The van der Waals surface area contributed by atoms with Gasteiger partial charge < -0.3 is 4.74 Å². The zero-order chi connectivity index (χ0) is 20.2. The molecule has 2 aromatic carbocycles. The highest BCUT2D eigenvalue weighted by molar-refractivity contribution is 6.32. The van der Waals surface area contributed by atoms with Crippen molar-refractivity contribution in [2.75, 3.05) is 7.11 Å². The summed E-state index contributed by atoms with van der Waals surface area (Å²) in [7, 11) is 1.68. The van der Waals surface area contributed by atoms with Gasteiger partial charge in [-0.05, 0) is 67.7 Å². The van der Waals surface area contributed by atoms with Crippen LogP contribution in [0.3, 0.4) is 0 Å². The molecule has 0 atom stereocenters. The fourth-order valence-electron chi connectivity index (χ4n) is 3.97. The van der Waals surface area contributed by atoms with E-state index in [1.807, 2.05) is 54.6 Å². The normalized spacial score (nSPS) is 18.4. The van der Waals surface area contributed by atoms with Crippen LogP contribution < -0.4 is 16.0 Å². The fraction of sp³-hybridized carbons (Fsp3) is 0.304. The second kappa shape index (κ2) is 11.7. The van der Waals surface area contributed by atoms with Gasteiger partial charge in [0, 0.05) is 22.4 Å². The van der Waals surface area contributed by atoms with E-state index < -0.39 is 0 Å². The van der Waals surface area contributed by atoms with Gasteiger partial charge in [0.2, 0.25) is 0 Å². The smallest absolute Gasteiger partial charge is 0.152 e. The van der Waals surface area contributed by atoms with Crippen LogP contribution in [0.2, 0.25) is 5.02 Å². The first-order valence-electron chi connectivity index (χ1n) is 9.92. The van der Waals surface area contributed by atoms with Crippen LogP contribution in [0.15, 0.2) is 42.5 Å². The molecule has 1 aliphatic carbocycles. The van der Waals surface area contributed by atoms with Gasteiger partial charge in [-0.3, -0.25) is 11.3 Å². The van der Waals surface area contributed by atoms with Crippen molar-refractivity contribution >= 4 is 59.5 Å². The van der Waals surface area contributed by atoms with Crippen molar-refractivity contribution in [3.8, 4) is 5.75 Å². The first-order chi connectivity index (χ1) is 14.2. The number of nitrogens with zero attached hydrogens (tertiary/aromatic N) is 2. The van der Waals surface area contributed by atoms with E-state index in [1.54, 1.807) is 7.11 Å². The molecule has 0 saturated heterocycles. The van der Waals surface area contributed by atoms with Gasteiger partial charge in [-0.25, -0.2) is 9.97 Å². The number of hydrogen-bond acceptors (Lipinski definition) is 5. The maximum atomic E-state index is 6.28. The summed E-state index contributed by atoms with van der Waals surface area (Å²) in [6.45, 7) is 0. The molecule has 0 radical (unpaired) electrons. The van der Waals surface area contributed by atoms with E-state index in [0.717, 1.165) is 53.6 Å². The number of ether oxygens (including phenoxy) is 1. The van der Waals surface area contributed by atoms with Crippen molar-refractivity contribution in [3.63, 3.8) is 0 Å². The van der Waals surface area contributed by atoms with E-state index in [0.29, 0.717) is 22.8 Å². The monoisotopic (exact) mass is 480 g/mol. The molecule has 0 aliphatic heterocycles. The van der Waals surface area contributed by atoms with Crippen LogP contribution in [0, 0.1) is 0 Å². The van der Waals surface area contributed by atoms with Crippen molar-refractivity contribution < 1.29 is 4.74 Å². The molecule has 31 heavy (non-hydrogen) atoms. The standard InChI is InChI=1S/C23H25ClN4O.2ClH/c1-29-18-11-12-21-19(14-18)23(16-6-9-17(28-25)10-7-16)27-22(26-21)13-8-15-4-2-3-5-20(15)24;;/h2-5,8,11-14,16-17,28H,6-7,9-10,25H2,1H3;2*1H/b13-8-;;. The number of benzene rings is 2. The van der Waals surface area contributed by atoms with E-state index >= 15 is 0 Å². The molecule has 1 fully saturated rings. The summed E-state index contributed by atoms with van der Waals surface area (Å²) in [6, 6.07) is 14.1. The topological polar surface area (TPSA) is 73.1 Å².